The van der Waals surface area contributed by atoms with Gasteiger partial charge in [0, 0.05) is 0 Å². The highest BCUT2D eigenvalue weighted by Gasteiger charge is 2.06. The van der Waals surface area contributed by atoms with Gasteiger partial charge in [-0.25, -0.2) is 0 Å². The van der Waals surface area contributed by atoms with E-state index in [0.717, 1.165) is 0 Å². The minimum Gasteiger partial charge on any atom is -0.0616 e. The molecule has 0 heterocycles. The summed E-state index contributed by atoms with van der Waals surface area (Å²) in [5.74, 6) is 0. The molecule has 4 rings (SSSR count). The number of benzene rings is 4. The average Bonchev–Trinajstić information content (AvgIpc) is 2.50. The summed E-state index contributed by atoms with van der Waals surface area (Å²) in [6.45, 7) is 4.39. The van der Waals surface area contributed by atoms with Gasteiger partial charge in [-0.2, -0.15) is 0 Å². The van der Waals surface area contributed by atoms with E-state index in [4.69, 9.17) is 0 Å². The van der Waals surface area contributed by atoms with Crippen LogP contribution in [-0.2, 0) is 0 Å². The van der Waals surface area contributed by atoms with Crippen LogP contribution in [0.3, 0.4) is 0 Å². The maximum atomic E-state index is 2.27. The molecule has 0 aliphatic rings. The van der Waals surface area contributed by atoms with Gasteiger partial charge in [0.25, 0.3) is 0 Å². The summed E-state index contributed by atoms with van der Waals surface area (Å²) in [6, 6.07) is 22.1. The van der Waals surface area contributed by atoms with E-state index in [2.05, 4.69) is 74.5 Å². The lowest BCUT2D eigenvalue weighted by Gasteiger charge is -2.10. The van der Waals surface area contributed by atoms with Crippen LogP contribution in [0.1, 0.15) is 11.1 Å². The molecule has 0 aliphatic carbocycles. The van der Waals surface area contributed by atoms with Crippen molar-refractivity contribution < 1.29 is 0 Å². The molecule has 0 N–H and O–H groups in total. The lowest BCUT2D eigenvalue weighted by molar-refractivity contribution is 1.38. The fourth-order valence-electron chi connectivity index (χ4n) is 3.16. The van der Waals surface area contributed by atoms with E-state index in [1.54, 1.807) is 0 Å². The Morgan fingerprint density at radius 3 is 2.00 bits per heavy atom. The van der Waals surface area contributed by atoms with Gasteiger partial charge in [0.1, 0.15) is 0 Å². The quantitative estimate of drug-likeness (QED) is 0.351. The minimum absolute atomic E-state index is 1.31. The molecule has 0 aliphatic heterocycles. The fraction of sp³-hybridized carbons (Fsp3) is 0.100. The molecule has 0 bridgehead atoms. The molecule has 0 saturated carbocycles. The molecular weight excluding hydrogens is 240 g/mol. The summed E-state index contributed by atoms with van der Waals surface area (Å²) < 4.78 is 0. The highest BCUT2D eigenvalue weighted by atomic mass is 14.1. The summed E-state index contributed by atoms with van der Waals surface area (Å²) in [5, 5.41) is 8.07. The Morgan fingerprint density at radius 2 is 1.10 bits per heavy atom. The zero-order valence-corrected chi connectivity index (χ0v) is 11.8. The van der Waals surface area contributed by atoms with Crippen LogP contribution in [-0.4, -0.2) is 0 Å². The summed E-state index contributed by atoms with van der Waals surface area (Å²) in [7, 11) is 0. The predicted octanol–water partition coefficient (Wildman–Crippen LogP) is 5.76. The van der Waals surface area contributed by atoms with Crippen molar-refractivity contribution in [2.24, 2.45) is 0 Å². The molecule has 0 atom stereocenters. The van der Waals surface area contributed by atoms with Crippen molar-refractivity contribution in [2.45, 2.75) is 13.8 Å². The second-order valence-corrected chi connectivity index (χ2v) is 5.55. The van der Waals surface area contributed by atoms with E-state index >= 15 is 0 Å². The molecule has 0 spiro atoms. The highest BCUT2D eigenvalue weighted by Crippen LogP contribution is 2.33. The smallest absolute Gasteiger partial charge is 0.00989 e. The molecule has 20 heavy (non-hydrogen) atoms. The molecule has 96 valence electrons. The highest BCUT2D eigenvalue weighted by molar-refractivity contribution is 6.17. The molecule has 4 aromatic carbocycles. The Morgan fingerprint density at radius 1 is 0.500 bits per heavy atom. The lowest BCUT2D eigenvalue weighted by Crippen LogP contribution is -1.86. The number of aryl methyl sites for hydroxylation is 2. The van der Waals surface area contributed by atoms with Crippen LogP contribution in [0.15, 0.2) is 60.7 Å². The number of hydrogen-bond acceptors (Lipinski definition) is 0. The SMILES string of the molecule is Cc1ccc2c(ccc3c4ccccc4ccc23)c1C. The van der Waals surface area contributed by atoms with Crippen LogP contribution in [0.2, 0.25) is 0 Å². The summed E-state index contributed by atoms with van der Waals surface area (Å²) in [6.07, 6.45) is 0. The van der Waals surface area contributed by atoms with Crippen molar-refractivity contribution in [1.29, 1.82) is 0 Å². The van der Waals surface area contributed by atoms with Crippen molar-refractivity contribution in [3.8, 4) is 0 Å². The molecule has 0 unspecified atom stereocenters. The van der Waals surface area contributed by atoms with E-state index in [1.807, 2.05) is 0 Å². The third kappa shape index (κ3) is 1.48. The normalized spacial score (nSPS) is 11.5. The number of hydrogen-bond donors (Lipinski definition) is 0. The van der Waals surface area contributed by atoms with Gasteiger partial charge in [0.05, 0.1) is 0 Å². The van der Waals surface area contributed by atoms with Crippen molar-refractivity contribution in [1.82, 2.24) is 0 Å². The second kappa shape index (κ2) is 4.08. The standard InChI is InChI=1S/C20H16/c1-13-7-9-18-16(14(13)2)11-12-19-17-6-4-3-5-15(17)8-10-20(18)19/h3-12H,1-2H3. The first-order valence-corrected chi connectivity index (χ1v) is 7.06. The van der Waals surface area contributed by atoms with Gasteiger partial charge in [-0.05, 0) is 57.3 Å². The van der Waals surface area contributed by atoms with Crippen molar-refractivity contribution >= 4 is 32.3 Å². The summed E-state index contributed by atoms with van der Waals surface area (Å²) in [5.41, 5.74) is 2.75. The van der Waals surface area contributed by atoms with Gasteiger partial charge >= 0.3 is 0 Å². The first kappa shape index (κ1) is 11.5. The Hall–Kier alpha value is -2.34. The number of fused-ring (bicyclic) bond motifs is 5. The van der Waals surface area contributed by atoms with Crippen molar-refractivity contribution in [2.75, 3.05) is 0 Å². The molecular formula is C20H16. The van der Waals surface area contributed by atoms with E-state index in [-0.39, 0.29) is 0 Å². The third-order valence-electron chi connectivity index (χ3n) is 4.46. The monoisotopic (exact) mass is 256 g/mol. The van der Waals surface area contributed by atoms with Gasteiger partial charge in [0.2, 0.25) is 0 Å². The first-order chi connectivity index (χ1) is 9.75. The maximum absolute atomic E-state index is 2.27. The van der Waals surface area contributed by atoms with Gasteiger partial charge in [-0.15, -0.1) is 0 Å². The summed E-state index contributed by atoms with van der Waals surface area (Å²) >= 11 is 0. The van der Waals surface area contributed by atoms with Crippen LogP contribution in [0.5, 0.6) is 0 Å². The van der Waals surface area contributed by atoms with Crippen LogP contribution in [0.4, 0.5) is 0 Å². The minimum atomic E-state index is 1.31. The van der Waals surface area contributed by atoms with E-state index in [1.165, 1.54) is 43.4 Å². The van der Waals surface area contributed by atoms with Crippen molar-refractivity contribution in [3.63, 3.8) is 0 Å². The van der Waals surface area contributed by atoms with Crippen LogP contribution < -0.4 is 0 Å². The molecule has 0 amide bonds. The topological polar surface area (TPSA) is 0 Å². The molecule has 0 heteroatoms. The second-order valence-electron chi connectivity index (χ2n) is 5.55. The average molecular weight is 256 g/mol. The van der Waals surface area contributed by atoms with Gasteiger partial charge in [-0.1, -0.05) is 60.7 Å². The Kier molecular flexibility index (Phi) is 2.34. The van der Waals surface area contributed by atoms with Gasteiger partial charge < -0.3 is 0 Å². The number of rotatable bonds is 0. The van der Waals surface area contributed by atoms with E-state index in [0.29, 0.717) is 0 Å². The van der Waals surface area contributed by atoms with Gasteiger partial charge in [-0.3, -0.25) is 0 Å². The zero-order chi connectivity index (χ0) is 13.7. The fourth-order valence-corrected chi connectivity index (χ4v) is 3.16. The Labute approximate surface area is 118 Å². The van der Waals surface area contributed by atoms with Crippen molar-refractivity contribution in [3.05, 3.63) is 71.8 Å². The molecule has 0 fully saturated rings. The van der Waals surface area contributed by atoms with Crippen LogP contribution in [0, 0.1) is 13.8 Å². The van der Waals surface area contributed by atoms with Crippen LogP contribution in [0.25, 0.3) is 32.3 Å². The Balaban J connectivity index is 2.26. The zero-order valence-electron chi connectivity index (χ0n) is 11.8. The third-order valence-corrected chi connectivity index (χ3v) is 4.46. The molecule has 0 aromatic heterocycles. The Bertz CT molecular complexity index is 962. The summed E-state index contributed by atoms with van der Waals surface area (Å²) in [4.78, 5) is 0. The van der Waals surface area contributed by atoms with Crippen LogP contribution >= 0.6 is 0 Å². The first-order valence-electron chi connectivity index (χ1n) is 7.06. The van der Waals surface area contributed by atoms with Gasteiger partial charge in [0.15, 0.2) is 0 Å². The molecule has 0 nitrogen and oxygen atoms in total. The molecule has 0 saturated heterocycles. The van der Waals surface area contributed by atoms with E-state index in [9.17, 15) is 0 Å². The predicted molar refractivity (Wildman–Crippen MR) is 88.4 cm³/mol. The molecule has 4 aromatic rings. The maximum Gasteiger partial charge on any atom is -0.00989 e. The van der Waals surface area contributed by atoms with E-state index < -0.39 is 0 Å². The lowest BCUT2D eigenvalue weighted by atomic mass is 9.94. The largest absolute Gasteiger partial charge is 0.0616 e. The molecule has 0 radical (unpaired) electrons.